The van der Waals surface area contributed by atoms with Crippen LogP contribution in [0.2, 0.25) is 0 Å². The van der Waals surface area contributed by atoms with Gasteiger partial charge in [0.15, 0.2) is 0 Å². The van der Waals surface area contributed by atoms with E-state index in [0.29, 0.717) is 10.8 Å². The third kappa shape index (κ3) is 1.82. The van der Waals surface area contributed by atoms with E-state index in [0.717, 1.165) is 30.6 Å². The Labute approximate surface area is 135 Å². The quantitative estimate of drug-likeness (QED) is 0.491. The van der Waals surface area contributed by atoms with Crippen LogP contribution >= 0.6 is 0 Å². The monoisotopic (exact) mass is 298 g/mol. The topological polar surface area (TPSA) is 20.2 Å². The molecule has 4 aliphatic rings. The molecule has 0 aliphatic heterocycles. The number of rotatable bonds is 0. The van der Waals surface area contributed by atoms with E-state index in [4.69, 9.17) is 0 Å². The summed E-state index contributed by atoms with van der Waals surface area (Å²) in [6.45, 7) is 8.96. The lowest BCUT2D eigenvalue weighted by molar-refractivity contribution is -0.0267. The number of fused-ring (bicyclic) bond motifs is 5. The number of allylic oxidation sites excluding steroid dienone is 2. The molecule has 6 atom stereocenters. The Kier molecular flexibility index (Phi) is 3.26. The Morgan fingerprint density at radius 3 is 2.64 bits per heavy atom. The van der Waals surface area contributed by atoms with Crippen LogP contribution in [0.1, 0.15) is 65.2 Å². The van der Waals surface area contributed by atoms with Gasteiger partial charge in [-0.15, -0.1) is 5.73 Å². The molecule has 0 amide bonds. The molecule has 1 heteroatoms. The van der Waals surface area contributed by atoms with Gasteiger partial charge < -0.3 is 5.11 Å². The van der Waals surface area contributed by atoms with Crippen molar-refractivity contribution in [2.75, 3.05) is 0 Å². The van der Waals surface area contributed by atoms with Crippen LogP contribution in [-0.2, 0) is 0 Å². The molecule has 0 spiro atoms. The summed E-state index contributed by atoms with van der Waals surface area (Å²) in [7, 11) is 0. The Hall–Kier alpha value is -0.780. The highest BCUT2D eigenvalue weighted by atomic mass is 16.3. The first-order chi connectivity index (χ1) is 10.5. The summed E-state index contributed by atoms with van der Waals surface area (Å²) in [5.74, 6) is 2.51. The Morgan fingerprint density at radius 2 is 1.86 bits per heavy atom. The first-order valence-corrected chi connectivity index (χ1v) is 9.26. The standard InChI is InChI=1S/C21H30O/c1-4-14-6-8-18-17-7-5-15-13-16(22)9-11-21(15,3)19(17)10-12-20(14,18)2/h5,16-19,22H,1,6-13H2,2-3H3/t16-,17?,18?,19?,20+,21-/m0/s1. The molecule has 1 N–H and O–H groups in total. The van der Waals surface area contributed by atoms with Crippen LogP contribution in [0.3, 0.4) is 0 Å². The Balaban J connectivity index is 1.70. The molecule has 120 valence electrons. The van der Waals surface area contributed by atoms with Crippen molar-refractivity contribution >= 4 is 0 Å². The summed E-state index contributed by atoms with van der Waals surface area (Å²) in [5.41, 5.74) is 7.11. The fourth-order valence-electron chi connectivity index (χ4n) is 6.74. The van der Waals surface area contributed by atoms with Gasteiger partial charge in [0, 0.05) is 0 Å². The molecule has 3 fully saturated rings. The normalized spacial score (nSPS) is 50.5. The minimum Gasteiger partial charge on any atom is -0.393 e. The molecular weight excluding hydrogens is 268 g/mol. The van der Waals surface area contributed by atoms with Gasteiger partial charge in [0.05, 0.1) is 6.10 Å². The van der Waals surface area contributed by atoms with Crippen molar-refractivity contribution in [1.29, 1.82) is 0 Å². The molecule has 0 radical (unpaired) electrons. The van der Waals surface area contributed by atoms with Gasteiger partial charge in [-0.05, 0) is 85.5 Å². The third-order valence-corrected chi connectivity index (χ3v) is 8.08. The zero-order valence-corrected chi connectivity index (χ0v) is 14.2. The van der Waals surface area contributed by atoms with E-state index in [1.165, 1.54) is 44.1 Å². The maximum atomic E-state index is 10.1. The summed E-state index contributed by atoms with van der Waals surface area (Å²) < 4.78 is 0. The largest absolute Gasteiger partial charge is 0.393 e. The zero-order valence-electron chi connectivity index (χ0n) is 14.2. The number of hydrogen-bond acceptors (Lipinski definition) is 1. The van der Waals surface area contributed by atoms with E-state index in [2.05, 4.69) is 32.2 Å². The van der Waals surface area contributed by atoms with Crippen LogP contribution in [0.4, 0.5) is 0 Å². The average Bonchev–Trinajstić information content (AvgIpc) is 2.84. The van der Waals surface area contributed by atoms with Crippen molar-refractivity contribution in [3.8, 4) is 0 Å². The first kappa shape index (κ1) is 14.8. The zero-order chi connectivity index (χ0) is 15.5. The lowest BCUT2D eigenvalue weighted by Gasteiger charge is -2.57. The molecule has 0 aromatic rings. The Bertz CT molecular complexity index is 566. The predicted octanol–water partition coefficient (Wildman–Crippen LogP) is 5.02. The second-order valence-corrected chi connectivity index (χ2v) is 8.81. The van der Waals surface area contributed by atoms with Crippen LogP contribution in [0.5, 0.6) is 0 Å². The highest BCUT2D eigenvalue weighted by molar-refractivity contribution is 5.28. The lowest BCUT2D eigenvalue weighted by Crippen LogP contribution is -2.49. The summed E-state index contributed by atoms with van der Waals surface area (Å²) in [5, 5.41) is 10.1. The first-order valence-electron chi connectivity index (χ1n) is 9.26. The SMILES string of the molecule is C=C=C1CCC2C3CC=C4C[C@@H](O)CC[C@]4(C)C3CC[C@]12C. The molecule has 1 nitrogen and oxygen atoms in total. The smallest absolute Gasteiger partial charge is 0.0577 e. The summed E-state index contributed by atoms with van der Waals surface area (Å²) in [6.07, 6.45) is 12.0. The minimum absolute atomic E-state index is 0.0912. The molecule has 0 saturated heterocycles. The molecule has 4 aliphatic carbocycles. The van der Waals surface area contributed by atoms with E-state index in [-0.39, 0.29) is 6.10 Å². The van der Waals surface area contributed by atoms with E-state index >= 15 is 0 Å². The maximum absolute atomic E-state index is 10.1. The molecule has 3 unspecified atom stereocenters. The minimum atomic E-state index is -0.0912. The highest BCUT2D eigenvalue weighted by Gasteiger charge is 2.57. The third-order valence-electron chi connectivity index (χ3n) is 8.08. The van der Waals surface area contributed by atoms with Crippen molar-refractivity contribution in [3.05, 3.63) is 29.5 Å². The molecule has 4 rings (SSSR count). The van der Waals surface area contributed by atoms with Crippen molar-refractivity contribution in [3.63, 3.8) is 0 Å². The second-order valence-electron chi connectivity index (χ2n) is 8.81. The van der Waals surface area contributed by atoms with Crippen LogP contribution in [0, 0.1) is 28.6 Å². The van der Waals surface area contributed by atoms with Crippen LogP contribution in [0.25, 0.3) is 0 Å². The molecule has 0 bridgehead atoms. The maximum Gasteiger partial charge on any atom is 0.0577 e. The van der Waals surface area contributed by atoms with Crippen LogP contribution in [0.15, 0.2) is 29.5 Å². The number of hydrogen-bond donors (Lipinski definition) is 1. The molecule has 0 heterocycles. The lowest BCUT2D eigenvalue weighted by atomic mass is 9.48. The van der Waals surface area contributed by atoms with Gasteiger partial charge in [-0.2, -0.15) is 0 Å². The molecule has 3 saturated carbocycles. The van der Waals surface area contributed by atoms with Crippen LogP contribution < -0.4 is 0 Å². The molecule has 0 aromatic heterocycles. The van der Waals surface area contributed by atoms with Crippen molar-refractivity contribution in [2.45, 2.75) is 71.3 Å². The summed E-state index contributed by atoms with van der Waals surface area (Å²) >= 11 is 0. The predicted molar refractivity (Wildman–Crippen MR) is 90.4 cm³/mol. The number of aliphatic hydroxyl groups excluding tert-OH is 1. The van der Waals surface area contributed by atoms with Gasteiger partial charge in [0.2, 0.25) is 0 Å². The van der Waals surface area contributed by atoms with E-state index in [1.807, 2.05) is 0 Å². The fourth-order valence-corrected chi connectivity index (χ4v) is 6.74. The molecule has 22 heavy (non-hydrogen) atoms. The summed E-state index contributed by atoms with van der Waals surface area (Å²) in [4.78, 5) is 0. The van der Waals surface area contributed by atoms with Gasteiger partial charge in [-0.1, -0.05) is 32.1 Å². The van der Waals surface area contributed by atoms with Crippen molar-refractivity contribution < 1.29 is 5.11 Å². The average molecular weight is 298 g/mol. The van der Waals surface area contributed by atoms with E-state index < -0.39 is 0 Å². The van der Waals surface area contributed by atoms with Gasteiger partial charge in [0.25, 0.3) is 0 Å². The van der Waals surface area contributed by atoms with E-state index in [1.54, 1.807) is 5.57 Å². The summed E-state index contributed by atoms with van der Waals surface area (Å²) in [6, 6.07) is 0. The van der Waals surface area contributed by atoms with Gasteiger partial charge in [0.1, 0.15) is 0 Å². The van der Waals surface area contributed by atoms with Gasteiger partial charge in [-0.3, -0.25) is 0 Å². The molecular formula is C21H30O. The van der Waals surface area contributed by atoms with Crippen molar-refractivity contribution in [2.24, 2.45) is 28.6 Å². The highest BCUT2D eigenvalue weighted by Crippen LogP contribution is 2.65. The number of aliphatic hydroxyl groups is 1. The van der Waals surface area contributed by atoms with Gasteiger partial charge >= 0.3 is 0 Å². The van der Waals surface area contributed by atoms with Crippen LogP contribution in [-0.4, -0.2) is 11.2 Å². The van der Waals surface area contributed by atoms with Gasteiger partial charge in [-0.25, -0.2) is 0 Å². The fraction of sp³-hybridized carbons (Fsp3) is 0.762. The molecule has 0 aromatic carbocycles. The van der Waals surface area contributed by atoms with E-state index in [9.17, 15) is 5.11 Å². The Morgan fingerprint density at radius 1 is 1.14 bits per heavy atom. The second kappa shape index (κ2) is 4.86. The van der Waals surface area contributed by atoms with Crippen molar-refractivity contribution in [1.82, 2.24) is 0 Å².